The highest BCUT2D eigenvalue weighted by atomic mass is 16.5. The number of ether oxygens (including phenoxy) is 1. The Morgan fingerprint density at radius 2 is 2.06 bits per heavy atom. The predicted molar refractivity (Wildman–Crippen MR) is 135 cm³/mol. The van der Waals surface area contributed by atoms with E-state index in [-0.39, 0.29) is 12.3 Å². The van der Waals surface area contributed by atoms with Gasteiger partial charge in [-0.15, -0.1) is 0 Å². The Morgan fingerprint density at radius 3 is 2.86 bits per heavy atom. The normalized spacial score (nSPS) is 15.1. The molecule has 8 heteroatoms. The van der Waals surface area contributed by atoms with Crippen molar-refractivity contribution >= 4 is 16.9 Å². The van der Waals surface area contributed by atoms with Crippen LogP contribution < -0.4 is 10.4 Å². The molecule has 2 aromatic carbocycles. The fraction of sp³-hybridized carbons (Fsp3) is 0.321. The van der Waals surface area contributed by atoms with Gasteiger partial charge >= 0.3 is 5.63 Å². The Bertz CT molecular complexity index is 1460. The molecular weight excluding hydrogens is 458 g/mol. The van der Waals surface area contributed by atoms with Crippen molar-refractivity contribution in [1.82, 2.24) is 14.7 Å². The van der Waals surface area contributed by atoms with Gasteiger partial charge in [0.15, 0.2) is 0 Å². The molecular formula is C28H29N3O5. The molecule has 1 N–H and O–H groups in total. The lowest BCUT2D eigenvalue weighted by Gasteiger charge is -2.25. The number of aromatic nitrogens is 2. The van der Waals surface area contributed by atoms with Crippen LogP contribution in [-0.4, -0.2) is 38.8 Å². The highest BCUT2D eigenvalue weighted by molar-refractivity contribution is 5.87. The molecule has 8 nitrogen and oxygen atoms in total. The largest absolute Gasteiger partial charge is 0.491 e. The number of carbonyl (C=O) groups excluding carboxylic acids is 1. The maximum absolute atomic E-state index is 13.3. The zero-order valence-corrected chi connectivity index (χ0v) is 20.4. The highest BCUT2D eigenvalue weighted by Gasteiger charge is 2.27. The van der Waals surface area contributed by atoms with Crippen LogP contribution in [0.4, 0.5) is 0 Å². The van der Waals surface area contributed by atoms with Crippen LogP contribution in [0.1, 0.15) is 35.6 Å². The Kier molecular flexibility index (Phi) is 6.36. The SMILES string of the molecule is Cc1ccc2c(CC(=O)N3CCOc4ccc([C@](C)(O)CCn5cccn5)cc4C3)cc(=O)oc2c1. The van der Waals surface area contributed by atoms with Gasteiger partial charge in [0.05, 0.1) is 18.6 Å². The molecule has 36 heavy (non-hydrogen) atoms. The summed E-state index contributed by atoms with van der Waals surface area (Å²) in [4.78, 5) is 27.2. The molecule has 0 spiro atoms. The summed E-state index contributed by atoms with van der Waals surface area (Å²) in [7, 11) is 0. The number of hydrogen-bond acceptors (Lipinski definition) is 6. The average Bonchev–Trinajstić information content (AvgIpc) is 3.27. The second kappa shape index (κ2) is 9.62. The predicted octanol–water partition coefficient (Wildman–Crippen LogP) is 3.56. The minimum absolute atomic E-state index is 0.0851. The third kappa shape index (κ3) is 5.04. The van der Waals surface area contributed by atoms with Gasteiger partial charge in [-0.05, 0) is 61.2 Å². The third-order valence-electron chi connectivity index (χ3n) is 6.73. The average molecular weight is 488 g/mol. The lowest BCUT2D eigenvalue weighted by molar-refractivity contribution is -0.131. The zero-order chi connectivity index (χ0) is 25.3. The molecule has 0 saturated carbocycles. The highest BCUT2D eigenvalue weighted by Crippen LogP contribution is 2.32. The summed E-state index contributed by atoms with van der Waals surface area (Å²) in [5.41, 5.74) is 2.16. The first-order chi connectivity index (χ1) is 17.3. The molecule has 186 valence electrons. The van der Waals surface area contributed by atoms with E-state index in [2.05, 4.69) is 5.10 Å². The van der Waals surface area contributed by atoms with Crippen molar-refractivity contribution in [1.29, 1.82) is 0 Å². The lowest BCUT2D eigenvalue weighted by atomic mass is 9.91. The van der Waals surface area contributed by atoms with Crippen molar-refractivity contribution in [3.63, 3.8) is 0 Å². The quantitative estimate of drug-likeness (QED) is 0.418. The molecule has 4 aromatic rings. The first-order valence-electron chi connectivity index (χ1n) is 12.1. The van der Waals surface area contributed by atoms with Crippen molar-refractivity contribution in [2.45, 2.75) is 45.4 Å². The van der Waals surface area contributed by atoms with Gasteiger partial charge < -0.3 is 19.2 Å². The van der Waals surface area contributed by atoms with Crippen molar-refractivity contribution in [3.8, 4) is 5.75 Å². The van der Waals surface area contributed by atoms with E-state index in [1.54, 1.807) is 28.8 Å². The fourth-order valence-corrected chi connectivity index (χ4v) is 4.61. The fourth-order valence-electron chi connectivity index (χ4n) is 4.61. The van der Waals surface area contributed by atoms with E-state index in [4.69, 9.17) is 9.15 Å². The molecule has 0 aliphatic carbocycles. The molecule has 0 radical (unpaired) electrons. The van der Waals surface area contributed by atoms with Gasteiger partial charge in [0.2, 0.25) is 5.91 Å². The maximum atomic E-state index is 13.3. The first kappa shape index (κ1) is 23.8. The Morgan fingerprint density at radius 1 is 1.19 bits per heavy atom. The number of aliphatic hydroxyl groups is 1. The van der Waals surface area contributed by atoms with Crippen molar-refractivity contribution in [2.75, 3.05) is 13.2 Å². The molecule has 2 aromatic heterocycles. The van der Waals surface area contributed by atoms with E-state index >= 15 is 0 Å². The van der Waals surface area contributed by atoms with Gasteiger partial charge in [-0.1, -0.05) is 18.2 Å². The number of nitrogens with zero attached hydrogens (tertiary/aromatic N) is 3. The van der Waals surface area contributed by atoms with E-state index in [9.17, 15) is 14.7 Å². The van der Waals surface area contributed by atoms with Crippen LogP contribution in [0.25, 0.3) is 11.0 Å². The van der Waals surface area contributed by atoms with Crippen molar-refractivity contribution in [2.24, 2.45) is 0 Å². The Labute approximate surface area is 208 Å². The molecule has 0 bridgehead atoms. The Balaban J connectivity index is 1.36. The summed E-state index contributed by atoms with van der Waals surface area (Å²) in [5, 5.41) is 16.1. The number of fused-ring (bicyclic) bond motifs is 2. The minimum Gasteiger partial charge on any atom is -0.491 e. The number of carbonyl (C=O) groups is 1. The van der Waals surface area contributed by atoms with Gasteiger partial charge in [0.1, 0.15) is 17.9 Å². The number of rotatable bonds is 6. The summed E-state index contributed by atoms with van der Waals surface area (Å²) < 4.78 is 13.0. The van der Waals surface area contributed by atoms with Crippen LogP contribution >= 0.6 is 0 Å². The molecule has 3 heterocycles. The van der Waals surface area contributed by atoms with Crippen LogP contribution in [0.5, 0.6) is 5.75 Å². The van der Waals surface area contributed by atoms with Gasteiger partial charge in [-0.2, -0.15) is 5.10 Å². The minimum atomic E-state index is -1.07. The molecule has 1 aliphatic rings. The molecule has 0 saturated heterocycles. The Hall–Kier alpha value is -3.91. The second-order valence-electron chi connectivity index (χ2n) is 9.55. The topological polar surface area (TPSA) is 97.8 Å². The van der Waals surface area contributed by atoms with Crippen LogP contribution in [0, 0.1) is 6.92 Å². The van der Waals surface area contributed by atoms with Gasteiger partial charge in [0.25, 0.3) is 0 Å². The number of amides is 1. The van der Waals surface area contributed by atoms with E-state index in [0.29, 0.717) is 49.6 Å². The van der Waals surface area contributed by atoms with Crippen LogP contribution in [0.15, 0.2) is 70.1 Å². The summed E-state index contributed by atoms with van der Waals surface area (Å²) >= 11 is 0. The van der Waals surface area contributed by atoms with Crippen LogP contribution in [0.2, 0.25) is 0 Å². The smallest absolute Gasteiger partial charge is 0.336 e. The second-order valence-corrected chi connectivity index (χ2v) is 9.55. The molecule has 1 atom stereocenters. The number of hydrogen-bond donors (Lipinski definition) is 1. The number of benzene rings is 2. The molecule has 1 amide bonds. The van der Waals surface area contributed by atoms with Gasteiger partial charge in [-0.3, -0.25) is 9.48 Å². The van der Waals surface area contributed by atoms with Crippen LogP contribution in [-0.2, 0) is 29.9 Å². The van der Waals surface area contributed by atoms with Gasteiger partial charge in [-0.25, -0.2) is 4.79 Å². The van der Waals surface area contributed by atoms with E-state index < -0.39 is 11.2 Å². The molecule has 1 aliphatic heterocycles. The summed E-state index contributed by atoms with van der Waals surface area (Å²) in [6.07, 6.45) is 4.15. The first-order valence-corrected chi connectivity index (χ1v) is 12.1. The zero-order valence-electron chi connectivity index (χ0n) is 20.4. The van der Waals surface area contributed by atoms with E-state index in [1.807, 2.05) is 49.5 Å². The summed E-state index contributed by atoms with van der Waals surface area (Å²) in [6.45, 7) is 5.44. The van der Waals surface area contributed by atoms with E-state index in [1.165, 1.54) is 6.07 Å². The molecule has 0 unspecified atom stereocenters. The number of aryl methyl sites for hydroxylation is 2. The van der Waals surface area contributed by atoms with Crippen molar-refractivity contribution < 1.29 is 19.1 Å². The van der Waals surface area contributed by atoms with E-state index in [0.717, 1.165) is 22.1 Å². The summed E-state index contributed by atoms with van der Waals surface area (Å²) in [5.74, 6) is 0.605. The van der Waals surface area contributed by atoms with Crippen LogP contribution in [0.3, 0.4) is 0 Å². The molecule has 5 rings (SSSR count). The standard InChI is InChI=1S/C28H29N3O5/c1-19-4-6-23-20(17-27(33)36-25(23)14-19)16-26(32)30-12-13-35-24-7-5-22(15-21(24)18-30)28(2,34)8-11-31-10-3-9-29-31/h3-7,9-10,14-15,17,34H,8,11-13,16,18H2,1-2H3/t28-/m1/s1. The third-order valence-corrected chi connectivity index (χ3v) is 6.73. The van der Waals surface area contributed by atoms with Gasteiger partial charge in [0, 0.05) is 42.5 Å². The van der Waals surface area contributed by atoms with Crippen molar-refractivity contribution in [3.05, 3.63) is 93.6 Å². The maximum Gasteiger partial charge on any atom is 0.336 e. The monoisotopic (exact) mass is 487 g/mol. The lowest BCUT2D eigenvalue weighted by Crippen LogP contribution is -2.34. The summed E-state index contributed by atoms with van der Waals surface area (Å²) in [6, 6.07) is 14.5. The molecule has 0 fully saturated rings.